The molecule has 4 aromatic rings. The van der Waals surface area contributed by atoms with Crippen LogP contribution in [0, 0.1) is 6.92 Å². The van der Waals surface area contributed by atoms with Gasteiger partial charge in [0.25, 0.3) is 0 Å². The van der Waals surface area contributed by atoms with E-state index < -0.39 is 5.97 Å². The number of carboxylic acids is 1. The number of hydrogen-bond donors (Lipinski definition) is 0. The molecule has 0 bridgehead atoms. The Hall–Kier alpha value is -3.21. The van der Waals surface area contributed by atoms with Crippen LogP contribution in [0.15, 0.2) is 54.7 Å². The third-order valence-corrected chi connectivity index (χ3v) is 4.39. The number of aliphatic carboxylic acids is 1. The molecule has 0 fully saturated rings. The number of rotatable bonds is 4. The third kappa shape index (κ3) is 2.85. The number of carbonyl (C=O) groups is 1. The lowest BCUT2D eigenvalue weighted by atomic mass is 10.1. The van der Waals surface area contributed by atoms with Crippen LogP contribution in [0.5, 0.6) is 0 Å². The lowest BCUT2D eigenvalue weighted by Crippen LogP contribution is -2.24. The molecule has 5 heteroatoms. The second kappa shape index (κ2) is 6.02. The Morgan fingerprint density at radius 2 is 2.00 bits per heavy atom. The molecule has 0 aliphatic heterocycles. The van der Waals surface area contributed by atoms with Gasteiger partial charge in [0.05, 0.1) is 23.3 Å². The van der Waals surface area contributed by atoms with E-state index in [0.29, 0.717) is 12.1 Å². The van der Waals surface area contributed by atoms with Crippen LogP contribution >= 0.6 is 0 Å². The molecule has 0 saturated heterocycles. The Morgan fingerprint density at radius 3 is 2.84 bits per heavy atom. The zero-order valence-corrected chi connectivity index (χ0v) is 13.8. The van der Waals surface area contributed by atoms with Gasteiger partial charge in [-0.2, -0.15) is 5.10 Å². The second-order valence-electron chi connectivity index (χ2n) is 6.14. The summed E-state index contributed by atoms with van der Waals surface area (Å²) in [6, 6.07) is 15.7. The number of carbonyl (C=O) groups excluding carboxylic acids is 1. The summed E-state index contributed by atoms with van der Waals surface area (Å²) in [5, 5.41) is 17.6. The summed E-state index contributed by atoms with van der Waals surface area (Å²) < 4.78 is 1.91. The Labute approximate surface area is 144 Å². The Balaban J connectivity index is 1.81. The van der Waals surface area contributed by atoms with E-state index in [9.17, 15) is 9.90 Å². The highest BCUT2D eigenvalue weighted by Gasteiger charge is 2.10. The lowest BCUT2D eigenvalue weighted by Gasteiger charge is -2.08. The predicted molar refractivity (Wildman–Crippen MR) is 94.0 cm³/mol. The van der Waals surface area contributed by atoms with Gasteiger partial charge in [-0.1, -0.05) is 36.4 Å². The first-order valence-electron chi connectivity index (χ1n) is 8.10. The smallest absolute Gasteiger partial charge is 0.0752 e. The molecule has 0 spiro atoms. The van der Waals surface area contributed by atoms with Crippen molar-refractivity contribution in [2.24, 2.45) is 0 Å². The quantitative estimate of drug-likeness (QED) is 0.575. The molecule has 0 N–H and O–H groups in total. The molecule has 0 aliphatic carbocycles. The number of aromatic nitrogens is 3. The van der Waals surface area contributed by atoms with Crippen LogP contribution in [-0.4, -0.2) is 20.7 Å². The molecule has 0 saturated carbocycles. The minimum atomic E-state index is -1.08. The molecule has 5 nitrogen and oxygen atoms in total. The molecule has 124 valence electrons. The number of hydrogen-bond acceptors (Lipinski definition) is 4. The van der Waals surface area contributed by atoms with Gasteiger partial charge in [0.2, 0.25) is 0 Å². The summed E-state index contributed by atoms with van der Waals surface area (Å²) in [5.74, 6) is -1.08. The predicted octanol–water partition coefficient (Wildman–Crippen LogP) is 2.23. The fraction of sp³-hybridized carbons (Fsp3) is 0.150. The van der Waals surface area contributed by atoms with E-state index in [0.717, 1.165) is 33.1 Å². The molecule has 4 rings (SSSR count). The molecule has 2 aromatic heterocycles. The van der Waals surface area contributed by atoms with E-state index in [1.807, 2.05) is 60.1 Å². The number of pyridine rings is 1. The average Bonchev–Trinajstić information content (AvgIpc) is 2.90. The molecule has 0 atom stereocenters. The van der Waals surface area contributed by atoms with Crippen molar-refractivity contribution in [3.8, 4) is 0 Å². The lowest BCUT2D eigenvalue weighted by molar-refractivity contribution is -0.304. The molecule has 2 heterocycles. The molecule has 0 radical (unpaired) electrons. The van der Waals surface area contributed by atoms with Crippen molar-refractivity contribution < 1.29 is 9.90 Å². The summed E-state index contributed by atoms with van der Waals surface area (Å²) >= 11 is 0. The van der Waals surface area contributed by atoms with Crippen LogP contribution in [0.3, 0.4) is 0 Å². The van der Waals surface area contributed by atoms with Crippen molar-refractivity contribution in [1.29, 1.82) is 0 Å². The number of fused-ring (bicyclic) bond motifs is 2. The van der Waals surface area contributed by atoms with E-state index in [2.05, 4.69) is 10.1 Å². The van der Waals surface area contributed by atoms with Gasteiger partial charge in [-0.15, -0.1) is 0 Å². The highest BCUT2D eigenvalue weighted by Crippen LogP contribution is 2.23. The van der Waals surface area contributed by atoms with Crippen molar-refractivity contribution in [3.63, 3.8) is 0 Å². The van der Waals surface area contributed by atoms with Gasteiger partial charge >= 0.3 is 0 Å². The average molecular weight is 330 g/mol. The first-order chi connectivity index (χ1) is 12.1. The first kappa shape index (κ1) is 15.3. The van der Waals surface area contributed by atoms with Crippen LogP contribution in [0.1, 0.15) is 16.8 Å². The minimum absolute atomic E-state index is 0.101. The molecule has 25 heavy (non-hydrogen) atoms. The van der Waals surface area contributed by atoms with Crippen LogP contribution < -0.4 is 5.11 Å². The standard InChI is InChI=1S/C20H17N3O2/c1-13-17-8-7-14(11-19(24)25)10-18(17)23(22-13)12-16-5-2-4-15-6-3-9-21-20(15)16/h2-10H,11-12H2,1H3,(H,24,25)/p-1. The van der Waals surface area contributed by atoms with Gasteiger partial charge in [-0.25, -0.2) is 0 Å². The normalized spacial score (nSPS) is 11.2. The Bertz CT molecular complexity index is 1090. The summed E-state index contributed by atoms with van der Waals surface area (Å²) in [6.45, 7) is 2.53. The zero-order valence-electron chi connectivity index (χ0n) is 13.8. The van der Waals surface area contributed by atoms with E-state index >= 15 is 0 Å². The second-order valence-corrected chi connectivity index (χ2v) is 6.14. The molecular formula is C20H16N3O2-. The maximum absolute atomic E-state index is 10.9. The number of carboxylic acid groups (broad SMARTS) is 1. The van der Waals surface area contributed by atoms with Gasteiger partial charge in [-0.3, -0.25) is 9.67 Å². The fourth-order valence-electron chi connectivity index (χ4n) is 3.24. The largest absolute Gasteiger partial charge is 0.550 e. The summed E-state index contributed by atoms with van der Waals surface area (Å²) in [4.78, 5) is 15.4. The van der Waals surface area contributed by atoms with Crippen molar-refractivity contribution >= 4 is 27.8 Å². The molecule has 0 unspecified atom stereocenters. The van der Waals surface area contributed by atoms with Crippen LogP contribution in [0.2, 0.25) is 0 Å². The van der Waals surface area contributed by atoms with Crippen LogP contribution in [0.25, 0.3) is 21.8 Å². The van der Waals surface area contributed by atoms with Crippen LogP contribution in [-0.2, 0) is 17.8 Å². The molecule has 2 aromatic carbocycles. The van der Waals surface area contributed by atoms with Crippen molar-refractivity contribution in [2.45, 2.75) is 19.9 Å². The maximum atomic E-state index is 10.9. The number of para-hydroxylation sites is 1. The van der Waals surface area contributed by atoms with E-state index in [1.165, 1.54) is 0 Å². The number of nitrogens with zero attached hydrogens (tertiary/aromatic N) is 3. The van der Waals surface area contributed by atoms with Gasteiger partial charge in [0.15, 0.2) is 0 Å². The summed E-state index contributed by atoms with van der Waals surface area (Å²) in [6.07, 6.45) is 1.69. The fourth-order valence-corrected chi connectivity index (χ4v) is 3.24. The molecule has 0 amide bonds. The van der Waals surface area contributed by atoms with Gasteiger partial charge in [0, 0.05) is 29.4 Å². The number of aryl methyl sites for hydroxylation is 1. The molecule has 0 aliphatic rings. The highest BCUT2D eigenvalue weighted by atomic mass is 16.4. The van der Waals surface area contributed by atoms with Crippen LogP contribution in [0.4, 0.5) is 0 Å². The summed E-state index contributed by atoms with van der Waals surface area (Å²) in [7, 11) is 0. The highest BCUT2D eigenvalue weighted by molar-refractivity contribution is 5.85. The van der Waals surface area contributed by atoms with E-state index in [1.54, 1.807) is 6.20 Å². The van der Waals surface area contributed by atoms with E-state index in [4.69, 9.17) is 0 Å². The van der Waals surface area contributed by atoms with Gasteiger partial charge in [-0.05, 0) is 30.2 Å². The maximum Gasteiger partial charge on any atom is 0.0752 e. The van der Waals surface area contributed by atoms with Crippen molar-refractivity contribution in [3.05, 3.63) is 71.5 Å². The molecular weight excluding hydrogens is 314 g/mol. The number of benzene rings is 2. The van der Waals surface area contributed by atoms with Crippen molar-refractivity contribution in [1.82, 2.24) is 14.8 Å². The first-order valence-corrected chi connectivity index (χ1v) is 8.10. The topological polar surface area (TPSA) is 70.8 Å². The van der Waals surface area contributed by atoms with Gasteiger partial charge in [0.1, 0.15) is 0 Å². The Kier molecular flexibility index (Phi) is 3.69. The summed E-state index contributed by atoms with van der Waals surface area (Å²) in [5.41, 5.74) is 4.59. The van der Waals surface area contributed by atoms with Gasteiger partial charge < -0.3 is 9.90 Å². The van der Waals surface area contributed by atoms with Crippen molar-refractivity contribution in [2.75, 3.05) is 0 Å². The van der Waals surface area contributed by atoms with E-state index in [-0.39, 0.29) is 6.42 Å². The Morgan fingerprint density at radius 1 is 1.16 bits per heavy atom. The SMILES string of the molecule is Cc1nn(Cc2cccc3cccnc23)c2cc(CC(=O)[O-])ccc12. The monoisotopic (exact) mass is 330 g/mol. The third-order valence-electron chi connectivity index (χ3n) is 4.39. The minimum Gasteiger partial charge on any atom is -0.550 e. The zero-order chi connectivity index (χ0) is 17.4.